The first kappa shape index (κ1) is 19.2. The van der Waals surface area contributed by atoms with E-state index >= 15 is 0 Å². The number of thiophene rings is 1. The maximum Gasteiger partial charge on any atom is 0.261 e. The molecule has 0 bridgehead atoms. The predicted molar refractivity (Wildman–Crippen MR) is 115 cm³/mol. The van der Waals surface area contributed by atoms with Crippen molar-refractivity contribution in [2.75, 3.05) is 13.6 Å². The standard InChI is InChI=1S/C22H28N4OS/c1-3-25-13-11-24-20(25)15-26-12-7-6-8-16(26)14-18-17-9-4-5-10-19(17)28-21(18)22(27)23-2/h4-5,9-11,13,16H,3,6-8,12,14-15H2,1-2H3,(H,23,27)/t16-/m0/s1. The first-order valence-electron chi connectivity index (χ1n) is 10.2. The number of imidazole rings is 1. The molecule has 3 heterocycles. The molecule has 0 spiro atoms. The first-order chi connectivity index (χ1) is 13.7. The third kappa shape index (κ3) is 3.71. The number of hydrogen-bond acceptors (Lipinski definition) is 4. The molecule has 6 heteroatoms. The molecular formula is C22H28N4OS. The van der Waals surface area contributed by atoms with Crippen LogP contribution < -0.4 is 5.32 Å². The zero-order valence-corrected chi connectivity index (χ0v) is 17.5. The largest absolute Gasteiger partial charge is 0.354 e. The van der Waals surface area contributed by atoms with Crippen LogP contribution in [0.2, 0.25) is 0 Å². The van der Waals surface area contributed by atoms with Crippen LogP contribution in [0.25, 0.3) is 10.1 Å². The molecule has 1 aliphatic rings. The first-order valence-corrected chi connectivity index (χ1v) is 11.0. The lowest BCUT2D eigenvalue weighted by molar-refractivity contribution is 0.0964. The van der Waals surface area contributed by atoms with E-state index in [1.54, 1.807) is 18.4 Å². The average molecular weight is 397 g/mol. The lowest BCUT2D eigenvalue weighted by atomic mass is 9.94. The van der Waals surface area contributed by atoms with Crippen molar-refractivity contribution in [3.05, 3.63) is 52.9 Å². The molecule has 1 amide bonds. The molecule has 1 fully saturated rings. The van der Waals surface area contributed by atoms with Gasteiger partial charge in [-0.1, -0.05) is 24.6 Å². The summed E-state index contributed by atoms with van der Waals surface area (Å²) in [4.78, 5) is 20.6. The van der Waals surface area contributed by atoms with E-state index in [0.29, 0.717) is 6.04 Å². The van der Waals surface area contributed by atoms with Crippen LogP contribution in [0.1, 0.15) is 47.2 Å². The molecule has 148 valence electrons. The molecule has 0 aliphatic carbocycles. The molecule has 1 atom stereocenters. The van der Waals surface area contributed by atoms with Crippen LogP contribution in [0.15, 0.2) is 36.7 Å². The fourth-order valence-corrected chi connectivity index (χ4v) is 5.47. The van der Waals surface area contributed by atoms with Gasteiger partial charge in [-0.15, -0.1) is 11.3 Å². The minimum Gasteiger partial charge on any atom is -0.354 e. The van der Waals surface area contributed by atoms with Gasteiger partial charge in [0.25, 0.3) is 5.91 Å². The van der Waals surface area contributed by atoms with E-state index in [1.807, 2.05) is 12.3 Å². The minimum absolute atomic E-state index is 0.0279. The number of carbonyl (C=O) groups is 1. The van der Waals surface area contributed by atoms with Crippen molar-refractivity contribution >= 4 is 27.3 Å². The molecule has 1 aliphatic heterocycles. The van der Waals surface area contributed by atoms with Gasteiger partial charge in [0, 0.05) is 36.7 Å². The third-order valence-corrected chi connectivity index (χ3v) is 7.02. The molecule has 3 aromatic rings. The Bertz CT molecular complexity index is 961. The minimum atomic E-state index is 0.0279. The zero-order valence-electron chi connectivity index (χ0n) is 16.6. The van der Waals surface area contributed by atoms with Crippen LogP contribution in [0.4, 0.5) is 0 Å². The van der Waals surface area contributed by atoms with Gasteiger partial charge in [-0.2, -0.15) is 0 Å². The van der Waals surface area contributed by atoms with Crippen molar-refractivity contribution in [1.29, 1.82) is 0 Å². The number of fused-ring (bicyclic) bond motifs is 1. The Hall–Kier alpha value is -2.18. The molecule has 1 aromatic carbocycles. The molecule has 0 unspecified atom stereocenters. The third-order valence-electron chi connectivity index (χ3n) is 5.81. The van der Waals surface area contributed by atoms with Crippen LogP contribution in [0.5, 0.6) is 0 Å². The fraction of sp³-hybridized carbons (Fsp3) is 0.455. The van der Waals surface area contributed by atoms with Crippen molar-refractivity contribution in [3.8, 4) is 0 Å². The Morgan fingerprint density at radius 2 is 2.18 bits per heavy atom. The van der Waals surface area contributed by atoms with Crippen molar-refractivity contribution in [3.63, 3.8) is 0 Å². The summed E-state index contributed by atoms with van der Waals surface area (Å²) in [5.41, 5.74) is 1.20. The molecule has 4 rings (SSSR count). The summed E-state index contributed by atoms with van der Waals surface area (Å²) in [6.07, 6.45) is 8.53. The molecule has 5 nitrogen and oxygen atoms in total. The van der Waals surface area contributed by atoms with Gasteiger partial charge in [-0.05, 0) is 49.7 Å². The summed E-state index contributed by atoms with van der Waals surface area (Å²) in [5, 5.41) is 4.06. The summed E-state index contributed by atoms with van der Waals surface area (Å²) in [6.45, 7) is 5.08. The molecule has 2 aromatic heterocycles. The smallest absolute Gasteiger partial charge is 0.261 e. The number of nitrogens with one attached hydrogen (secondary N) is 1. The molecule has 1 saturated heterocycles. The summed E-state index contributed by atoms with van der Waals surface area (Å²) in [5.74, 6) is 1.16. The van der Waals surface area contributed by atoms with Gasteiger partial charge in [-0.25, -0.2) is 4.98 Å². The summed E-state index contributed by atoms with van der Waals surface area (Å²) < 4.78 is 3.42. The molecule has 1 N–H and O–H groups in total. The predicted octanol–water partition coefficient (Wildman–Crippen LogP) is 4.07. The number of piperidine rings is 1. The maximum absolute atomic E-state index is 12.5. The van der Waals surface area contributed by atoms with Crippen molar-refractivity contribution < 1.29 is 4.79 Å². The quantitative estimate of drug-likeness (QED) is 0.683. The molecular weight excluding hydrogens is 368 g/mol. The van der Waals surface area contributed by atoms with Gasteiger partial charge in [0.15, 0.2) is 0 Å². The number of rotatable bonds is 6. The fourth-order valence-electron chi connectivity index (χ4n) is 4.29. The van der Waals surface area contributed by atoms with Gasteiger partial charge >= 0.3 is 0 Å². The van der Waals surface area contributed by atoms with Gasteiger partial charge in [0.2, 0.25) is 0 Å². The number of benzene rings is 1. The molecule has 0 saturated carbocycles. The second-order valence-electron chi connectivity index (χ2n) is 7.44. The summed E-state index contributed by atoms with van der Waals surface area (Å²) >= 11 is 1.61. The normalized spacial score (nSPS) is 17.9. The van der Waals surface area contributed by atoms with Crippen molar-refractivity contribution in [2.24, 2.45) is 0 Å². The second-order valence-corrected chi connectivity index (χ2v) is 8.49. The van der Waals surface area contributed by atoms with Crippen molar-refractivity contribution in [1.82, 2.24) is 19.8 Å². The number of likely N-dealkylation sites (tertiary alicyclic amines) is 1. The lowest BCUT2D eigenvalue weighted by Gasteiger charge is -2.35. The van der Waals surface area contributed by atoms with Crippen LogP contribution in [0, 0.1) is 0 Å². The number of carbonyl (C=O) groups excluding carboxylic acids is 1. The van der Waals surface area contributed by atoms with E-state index < -0.39 is 0 Å². The van der Waals surface area contributed by atoms with Gasteiger partial charge < -0.3 is 9.88 Å². The zero-order chi connectivity index (χ0) is 19.5. The number of amides is 1. The molecule has 28 heavy (non-hydrogen) atoms. The van der Waals surface area contributed by atoms with E-state index in [2.05, 4.69) is 51.1 Å². The highest BCUT2D eigenvalue weighted by Gasteiger charge is 2.27. The average Bonchev–Trinajstić information content (AvgIpc) is 3.33. The number of aryl methyl sites for hydroxylation is 1. The van der Waals surface area contributed by atoms with Crippen LogP contribution in [-0.2, 0) is 19.5 Å². The highest BCUT2D eigenvalue weighted by Crippen LogP contribution is 2.34. The van der Waals surface area contributed by atoms with Crippen LogP contribution in [-0.4, -0.2) is 40.0 Å². The van der Waals surface area contributed by atoms with Gasteiger partial charge in [-0.3, -0.25) is 9.69 Å². The summed E-state index contributed by atoms with van der Waals surface area (Å²) in [7, 11) is 1.72. The topological polar surface area (TPSA) is 50.2 Å². The Balaban J connectivity index is 1.64. The van der Waals surface area contributed by atoms with E-state index in [1.165, 1.54) is 34.9 Å². The Labute approximate surface area is 170 Å². The number of hydrogen-bond donors (Lipinski definition) is 1. The van der Waals surface area contributed by atoms with Crippen LogP contribution in [0.3, 0.4) is 0 Å². The van der Waals surface area contributed by atoms with Gasteiger partial charge in [0.1, 0.15) is 5.82 Å². The SMILES string of the molecule is CCn1ccnc1CN1CCCC[C@H]1Cc1c(C(=O)NC)sc2ccccc12. The van der Waals surface area contributed by atoms with Gasteiger partial charge in [0.05, 0.1) is 11.4 Å². The monoisotopic (exact) mass is 396 g/mol. The Morgan fingerprint density at radius 1 is 1.32 bits per heavy atom. The van der Waals surface area contributed by atoms with Crippen molar-refractivity contribution in [2.45, 2.75) is 51.7 Å². The van der Waals surface area contributed by atoms with E-state index in [9.17, 15) is 4.79 Å². The van der Waals surface area contributed by atoms with E-state index in [-0.39, 0.29) is 5.91 Å². The number of aromatic nitrogens is 2. The van der Waals surface area contributed by atoms with Crippen LogP contribution >= 0.6 is 11.3 Å². The summed E-state index contributed by atoms with van der Waals surface area (Å²) in [6, 6.07) is 8.84. The lowest BCUT2D eigenvalue weighted by Crippen LogP contribution is -2.41. The highest BCUT2D eigenvalue weighted by molar-refractivity contribution is 7.21. The Kier molecular flexibility index (Phi) is 5.78. The molecule has 0 radical (unpaired) electrons. The highest BCUT2D eigenvalue weighted by atomic mass is 32.1. The Morgan fingerprint density at radius 3 is 3.00 bits per heavy atom. The number of nitrogens with zero attached hydrogens (tertiary/aromatic N) is 3. The second kappa shape index (κ2) is 8.45. The maximum atomic E-state index is 12.5. The van der Waals surface area contributed by atoms with E-state index in [4.69, 9.17) is 0 Å². The van der Waals surface area contributed by atoms with E-state index in [0.717, 1.165) is 36.8 Å².